The fourth-order valence-electron chi connectivity index (χ4n) is 3.46. The van der Waals surface area contributed by atoms with Gasteiger partial charge in [0.05, 0.1) is 12.7 Å². The number of nitriles is 1. The van der Waals surface area contributed by atoms with E-state index in [2.05, 4.69) is 16.1 Å². The van der Waals surface area contributed by atoms with Crippen LogP contribution in [0.5, 0.6) is 11.5 Å². The zero-order valence-electron chi connectivity index (χ0n) is 19.7. The number of carbonyl (C=O) groups excluding carboxylic acids is 2. The highest BCUT2D eigenvalue weighted by Gasteiger charge is 2.21. The molecule has 0 aliphatic rings. The molecule has 0 saturated heterocycles. The molecule has 0 saturated carbocycles. The first-order valence-corrected chi connectivity index (χ1v) is 10.7. The third-order valence-electron chi connectivity index (χ3n) is 5.26. The summed E-state index contributed by atoms with van der Waals surface area (Å²) in [6, 6.07) is 15.5. The summed E-state index contributed by atoms with van der Waals surface area (Å²) in [4.78, 5) is 24.7. The van der Waals surface area contributed by atoms with Crippen molar-refractivity contribution in [2.75, 3.05) is 19.0 Å². The van der Waals surface area contributed by atoms with Gasteiger partial charge < -0.3 is 19.5 Å². The minimum absolute atomic E-state index is 0.0606. The van der Waals surface area contributed by atoms with Gasteiger partial charge in [0.15, 0.2) is 18.1 Å². The third-order valence-corrected chi connectivity index (χ3v) is 5.26. The maximum absolute atomic E-state index is 12.5. The number of ether oxygens (including phenoxy) is 3. The van der Waals surface area contributed by atoms with Crippen LogP contribution < -0.4 is 14.8 Å². The van der Waals surface area contributed by atoms with Crippen molar-refractivity contribution < 1.29 is 32.6 Å². The summed E-state index contributed by atoms with van der Waals surface area (Å²) < 4.78 is 41.0. The molecule has 186 valence electrons. The van der Waals surface area contributed by atoms with Crippen LogP contribution in [0, 0.1) is 25.2 Å². The molecule has 1 heterocycles. The number of methoxy groups -OCH3 is 1. The topological polar surface area (TPSA) is 103 Å². The highest BCUT2D eigenvalue weighted by molar-refractivity contribution is 5.95. The number of halogens is 2. The number of benzene rings is 2. The second-order valence-electron chi connectivity index (χ2n) is 7.49. The van der Waals surface area contributed by atoms with Crippen molar-refractivity contribution in [3.05, 3.63) is 77.0 Å². The summed E-state index contributed by atoms with van der Waals surface area (Å²) in [5.41, 5.74) is 3.03. The summed E-state index contributed by atoms with van der Waals surface area (Å²) in [5.74, 6) is -1.23. The van der Waals surface area contributed by atoms with Gasteiger partial charge in [-0.05, 0) is 55.3 Å². The van der Waals surface area contributed by atoms with Gasteiger partial charge in [-0.1, -0.05) is 24.3 Å². The van der Waals surface area contributed by atoms with E-state index in [1.807, 2.05) is 37.3 Å². The first-order chi connectivity index (χ1) is 17.2. The van der Waals surface area contributed by atoms with Gasteiger partial charge in [-0.2, -0.15) is 14.0 Å². The molecular weight excluding hydrogens is 472 g/mol. The maximum Gasteiger partial charge on any atom is 0.387 e. The van der Waals surface area contributed by atoms with E-state index in [0.29, 0.717) is 11.1 Å². The Hall–Kier alpha value is -4.65. The molecule has 0 aliphatic carbocycles. The molecule has 3 aromatic rings. The lowest BCUT2D eigenvalue weighted by molar-refractivity contribution is -0.142. The van der Waals surface area contributed by atoms with Gasteiger partial charge in [0, 0.05) is 17.5 Å². The molecule has 0 atom stereocenters. The number of anilines is 1. The molecule has 0 spiro atoms. The predicted octanol–water partition coefficient (Wildman–Crippen LogP) is 4.77. The molecule has 0 unspecified atom stereocenters. The van der Waals surface area contributed by atoms with Crippen molar-refractivity contribution in [1.29, 1.82) is 5.26 Å². The molecule has 3 rings (SSSR count). The molecule has 1 aromatic heterocycles. The summed E-state index contributed by atoms with van der Waals surface area (Å²) in [7, 11) is 1.29. The van der Waals surface area contributed by atoms with Crippen LogP contribution in [0.15, 0.2) is 54.6 Å². The van der Waals surface area contributed by atoms with Gasteiger partial charge in [-0.25, -0.2) is 4.79 Å². The van der Waals surface area contributed by atoms with E-state index in [-0.39, 0.29) is 17.3 Å². The Kier molecular flexibility index (Phi) is 8.41. The zero-order valence-corrected chi connectivity index (χ0v) is 19.7. The van der Waals surface area contributed by atoms with Crippen molar-refractivity contribution >= 4 is 23.8 Å². The zero-order chi connectivity index (χ0) is 26.2. The first-order valence-electron chi connectivity index (χ1n) is 10.7. The smallest absolute Gasteiger partial charge is 0.387 e. The molecule has 0 radical (unpaired) electrons. The number of nitrogens with one attached hydrogen (secondary N) is 1. The van der Waals surface area contributed by atoms with Crippen LogP contribution >= 0.6 is 0 Å². The van der Waals surface area contributed by atoms with Gasteiger partial charge in [0.1, 0.15) is 11.9 Å². The number of hydrogen-bond acceptors (Lipinski definition) is 6. The molecule has 1 amide bonds. The van der Waals surface area contributed by atoms with Crippen molar-refractivity contribution in [2.45, 2.75) is 20.5 Å². The number of amides is 1. The summed E-state index contributed by atoms with van der Waals surface area (Å²) in [5, 5.41) is 12.3. The fourth-order valence-corrected chi connectivity index (χ4v) is 3.46. The maximum atomic E-state index is 12.5. The number of esters is 1. The Morgan fingerprint density at radius 2 is 1.86 bits per heavy atom. The van der Waals surface area contributed by atoms with Crippen molar-refractivity contribution in [3.8, 4) is 23.3 Å². The van der Waals surface area contributed by atoms with Crippen LogP contribution in [0.1, 0.15) is 22.4 Å². The minimum Gasteiger partial charge on any atom is -0.493 e. The Labute approximate surface area is 206 Å². The van der Waals surface area contributed by atoms with Crippen LogP contribution in [0.3, 0.4) is 0 Å². The van der Waals surface area contributed by atoms with Crippen molar-refractivity contribution in [1.82, 2.24) is 4.57 Å². The predicted molar refractivity (Wildman–Crippen MR) is 128 cm³/mol. The Morgan fingerprint density at radius 1 is 1.14 bits per heavy atom. The number of rotatable bonds is 9. The average Bonchev–Trinajstić information content (AvgIpc) is 3.10. The van der Waals surface area contributed by atoms with E-state index >= 15 is 0 Å². The normalized spacial score (nSPS) is 10.8. The second kappa shape index (κ2) is 11.7. The Bertz CT molecular complexity index is 1330. The summed E-state index contributed by atoms with van der Waals surface area (Å²) in [6.07, 6.45) is 2.45. The quantitative estimate of drug-likeness (QED) is 0.339. The lowest BCUT2D eigenvalue weighted by Crippen LogP contribution is -2.22. The summed E-state index contributed by atoms with van der Waals surface area (Å²) in [6.45, 7) is 0.0325. The highest BCUT2D eigenvalue weighted by Crippen LogP contribution is 2.31. The molecule has 2 aromatic carbocycles. The van der Waals surface area contributed by atoms with Crippen LogP contribution in [-0.2, 0) is 14.3 Å². The molecule has 0 bridgehead atoms. The van der Waals surface area contributed by atoms with Crippen LogP contribution in [0.4, 0.5) is 14.6 Å². The monoisotopic (exact) mass is 495 g/mol. The van der Waals surface area contributed by atoms with E-state index in [0.717, 1.165) is 23.0 Å². The molecule has 1 N–H and O–H groups in total. The number of nitrogens with zero attached hydrogens (tertiary/aromatic N) is 2. The van der Waals surface area contributed by atoms with Gasteiger partial charge in [0.2, 0.25) is 0 Å². The van der Waals surface area contributed by atoms with E-state index in [1.54, 1.807) is 11.5 Å². The lowest BCUT2D eigenvalue weighted by atomic mass is 10.2. The first kappa shape index (κ1) is 26.0. The second-order valence-corrected chi connectivity index (χ2v) is 7.49. The Morgan fingerprint density at radius 3 is 2.50 bits per heavy atom. The number of para-hydroxylation sites is 1. The largest absolute Gasteiger partial charge is 0.493 e. The van der Waals surface area contributed by atoms with Crippen molar-refractivity contribution in [3.63, 3.8) is 0 Å². The number of alkyl halides is 2. The van der Waals surface area contributed by atoms with Crippen LogP contribution in [0.2, 0.25) is 0 Å². The molecule has 0 aliphatic heterocycles. The molecular formula is C26H23F2N3O5. The Balaban J connectivity index is 1.67. The lowest BCUT2D eigenvalue weighted by Gasteiger charge is -2.13. The number of carbonyl (C=O) groups is 2. The average molecular weight is 495 g/mol. The van der Waals surface area contributed by atoms with Crippen LogP contribution in [0.25, 0.3) is 11.8 Å². The van der Waals surface area contributed by atoms with Crippen molar-refractivity contribution in [2.24, 2.45) is 0 Å². The van der Waals surface area contributed by atoms with Gasteiger partial charge >= 0.3 is 12.6 Å². The minimum atomic E-state index is -3.01. The van der Waals surface area contributed by atoms with E-state index in [9.17, 15) is 23.6 Å². The highest BCUT2D eigenvalue weighted by atomic mass is 19.3. The molecule has 8 nitrogen and oxygen atoms in total. The third kappa shape index (κ3) is 6.07. The number of hydrogen-bond donors (Lipinski definition) is 1. The fraction of sp³-hybridized carbons (Fsp3) is 0.192. The van der Waals surface area contributed by atoms with Gasteiger partial charge in [-0.3, -0.25) is 9.36 Å². The van der Waals surface area contributed by atoms with E-state index in [4.69, 9.17) is 9.47 Å². The van der Waals surface area contributed by atoms with E-state index < -0.39 is 25.1 Å². The van der Waals surface area contributed by atoms with E-state index in [1.165, 1.54) is 31.4 Å². The van der Waals surface area contributed by atoms with Gasteiger partial charge in [0.25, 0.3) is 5.91 Å². The number of aromatic nitrogens is 1. The SMILES string of the molecule is COc1cc(/C=C/C(=O)OCC(=O)Nc2c(C#N)c(C)c(C)n2-c2ccccc2)ccc1OC(F)F. The molecule has 0 fully saturated rings. The molecule has 36 heavy (non-hydrogen) atoms. The standard InChI is InChI=1S/C26H23F2N3O5/c1-16-17(2)31(19-7-5-4-6-8-19)25(20(16)14-29)30-23(32)15-35-24(33)12-10-18-9-11-21(36-26(27)28)22(13-18)34-3/h4-13,26H,15H2,1-3H3,(H,30,32)/b12-10+. The van der Waals surface area contributed by atoms with Gasteiger partial charge in [-0.15, -0.1) is 0 Å². The summed E-state index contributed by atoms with van der Waals surface area (Å²) >= 11 is 0. The van der Waals surface area contributed by atoms with Crippen LogP contribution in [-0.4, -0.2) is 36.8 Å². The molecule has 10 heteroatoms.